The van der Waals surface area contributed by atoms with Crippen LogP contribution in [0.3, 0.4) is 0 Å². The summed E-state index contributed by atoms with van der Waals surface area (Å²) in [4.78, 5) is 2.62. The molecule has 1 unspecified atom stereocenters. The van der Waals surface area contributed by atoms with Crippen LogP contribution in [-0.2, 0) is 0 Å². The third-order valence-electron chi connectivity index (χ3n) is 3.52. The number of hydrogen-bond donors (Lipinski definition) is 1. The lowest BCUT2D eigenvalue weighted by Crippen LogP contribution is -2.48. The van der Waals surface area contributed by atoms with E-state index in [0.717, 1.165) is 5.92 Å². The van der Waals surface area contributed by atoms with Gasteiger partial charge in [-0.1, -0.05) is 20.8 Å². The fourth-order valence-corrected chi connectivity index (χ4v) is 2.65. The predicted octanol–water partition coefficient (Wildman–Crippen LogP) is 1.96. The van der Waals surface area contributed by atoms with Crippen molar-refractivity contribution in [3.8, 4) is 0 Å². The van der Waals surface area contributed by atoms with Gasteiger partial charge in [0.15, 0.2) is 0 Å². The van der Waals surface area contributed by atoms with Crippen molar-refractivity contribution in [2.45, 2.75) is 33.6 Å². The first-order valence-electron chi connectivity index (χ1n) is 5.97. The smallest absolute Gasteiger partial charge is 0.00358 e. The van der Waals surface area contributed by atoms with E-state index in [9.17, 15) is 0 Å². The van der Waals surface area contributed by atoms with E-state index >= 15 is 0 Å². The van der Waals surface area contributed by atoms with E-state index in [2.05, 4.69) is 38.0 Å². The zero-order chi connectivity index (χ0) is 10.6. The van der Waals surface area contributed by atoms with Gasteiger partial charge in [0.05, 0.1) is 0 Å². The van der Waals surface area contributed by atoms with Gasteiger partial charge in [-0.15, -0.1) is 0 Å². The van der Waals surface area contributed by atoms with Crippen LogP contribution in [0.15, 0.2) is 0 Å². The van der Waals surface area contributed by atoms with Crippen LogP contribution in [0.5, 0.6) is 0 Å². The van der Waals surface area contributed by atoms with Crippen molar-refractivity contribution in [1.29, 1.82) is 0 Å². The number of likely N-dealkylation sites (tertiary alicyclic amines) is 1. The molecule has 1 N–H and O–H groups in total. The summed E-state index contributed by atoms with van der Waals surface area (Å²) in [7, 11) is 2.06. The molecular formula is C12H26N2. The highest BCUT2D eigenvalue weighted by molar-refractivity contribution is 4.87. The van der Waals surface area contributed by atoms with Crippen LogP contribution in [0.1, 0.15) is 33.6 Å². The summed E-state index contributed by atoms with van der Waals surface area (Å²) in [5.74, 6) is 0.848. The van der Waals surface area contributed by atoms with Crippen LogP contribution in [0.2, 0.25) is 0 Å². The zero-order valence-electron chi connectivity index (χ0n) is 10.3. The molecule has 0 amide bonds. The van der Waals surface area contributed by atoms with E-state index < -0.39 is 0 Å². The Hall–Kier alpha value is -0.0800. The number of rotatable bonds is 4. The van der Waals surface area contributed by atoms with Crippen LogP contribution in [-0.4, -0.2) is 38.1 Å². The first-order valence-corrected chi connectivity index (χ1v) is 5.97. The summed E-state index contributed by atoms with van der Waals surface area (Å²) in [6.45, 7) is 12.1. The molecule has 0 saturated carbocycles. The molecule has 1 saturated heterocycles. The van der Waals surface area contributed by atoms with Gasteiger partial charge in [-0.3, -0.25) is 0 Å². The Balaban J connectivity index is 2.47. The van der Waals surface area contributed by atoms with Gasteiger partial charge in [0.25, 0.3) is 0 Å². The minimum atomic E-state index is 0.483. The molecule has 1 fully saturated rings. The summed E-state index contributed by atoms with van der Waals surface area (Å²) in [6.07, 6.45) is 2.64. The van der Waals surface area contributed by atoms with Gasteiger partial charge >= 0.3 is 0 Å². The van der Waals surface area contributed by atoms with E-state index in [1.54, 1.807) is 0 Å². The largest absolute Gasteiger partial charge is 0.319 e. The van der Waals surface area contributed by atoms with Crippen LogP contribution in [0, 0.1) is 11.3 Å². The summed E-state index contributed by atoms with van der Waals surface area (Å²) >= 11 is 0. The second-order valence-corrected chi connectivity index (χ2v) is 5.31. The Kier molecular flexibility index (Phi) is 4.39. The summed E-state index contributed by atoms with van der Waals surface area (Å²) in [5, 5.41) is 3.32. The third kappa shape index (κ3) is 2.96. The lowest BCUT2D eigenvalue weighted by Gasteiger charge is -2.44. The Bertz CT molecular complexity index is 166. The second-order valence-electron chi connectivity index (χ2n) is 5.31. The normalized spacial score (nSPS) is 27.9. The van der Waals surface area contributed by atoms with Crippen LogP contribution >= 0.6 is 0 Å². The van der Waals surface area contributed by atoms with Gasteiger partial charge in [-0.25, -0.2) is 0 Å². The number of nitrogens with one attached hydrogen (secondary N) is 1. The molecule has 0 bridgehead atoms. The molecule has 14 heavy (non-hydrogen) atoms. The second kappa shape index (κ2) is 5.13. The maximum atomic E-state index is 3.32. The van der Waals surface area contributed by atoms with Gasteiger partial charge < -0.3 is 10.2 Å². The zero-order valence-corrected chi connectivity index (χ0v) is 10.3. The molecule has 1 aliphatic rings. The maximum absolute atomic E-state index is 3.32. The van der Waals surface area contributed by atoms with Gasteiger partial charge in [0, 0.05) is 6.54 Å². The van der Waals surface area contributed by atoms with E-state index in [4.69, 9.17) is 0 Å². The van der Waals surface area contributed by atoms with Gasteiger partial charge in [0.1, 0.15) is 0 Å². The van der Waals surface area contributed by atoms with E-state index in [1.807, 2.05) is 0 Å². The fourth-order valence-electron chi connectivity index (χ4n) is 2.65. The van der Waals surface area contributed by atoms with Crippen molar-refractivity contribution in [2.75, 3.05) is 33.2 Å². The number of piperidine rings is 1. The molecule has 84 valence electrons. The molecule has 2 nitrogen and oxygen atoms in total. The van der Waals surface area contributed by atoms with Crippen molar-refractivity contribution < 1.29 is 0 Å². The standard InChI is InChI=1S/C12H26N2/c1-5-7-14-8-6-11(9-13-4)12(2,3)10-14/h11,13H,5-10H2,1-4H3. The maximum Gasteiger partial charge on any atom is 0.00358 e. The van der Waals surface area contributed by atoms with Gasteiger partial charge in [-0.05, 0) is 50.9 Å². The predicted molar refractivity (Wildman–Crippen MR) is 62.5 cm³/mol. The minimum absolute atomic E-state index is 0.483. The SMILES string of the molecule is CCCN1CCC(CNC)C(C)(C)C1. The lowest BCUT2D eigenvalue weighted by molar-refractivity contribution is 0.0562. The van der Waals surface area contributed by atoms with E-state index in [0.29, 0.717) is 5.41 Å². The highest BCUT2D eigenvalue weighted by Gasteiger charge is 2.34. The molecule has 1 heterocycles. The molecule has 0 spiro atoms. The first kappa shape index (κ1) is 12.0. The molecule has 0 aromatic rings. The van der Waals surface area contributed by atoms with Crippen molar-refractivity contribution in [3.63, 3.8) is 0 Å². The molecule has 1 aliphatic heterocycles. The minimum Gasteiger partial charge on any atom is -0.319 e. The molecule has 1 atom stereocenters. The quantitative estimate of drug-likeness (QED) is 0.743. The third-order valence-corrected chi connectivity index (χ3v) is 3.52. The molecule has 0 aromatic carbocycles. The van der Waals surface area contributed by atoms with Gasteiger partial charge in [0.2, 0.25) is 0 Å². The van der Waals surface area contributed by atoms with Crippen molar-refractivity contribution in [1.82, 2.24) is 10.2 Å². The Morgan fingerprint density at radius 3 is 2.64 bits per heavy atom. The average Bonchev–Trinajstić information content (AvgIpc) is 2.10. The van der Waals surface area contributed by atoms with Crippen LogP contribution in [0.25, 0.3) is 0 Å². The van der Waals surface area contributed by atoms with Crippen molar-refractivity contribution in [3.05, 3.63) is 0 Å². The highest BCUT2D eigenvalue weighted by Crippen LogP contribution is 2.34. The summed E-state index contributed by atoms with van der Waals surface area (Å²) in [6, 6.07) is 0. The Morgan fingerprint density at radius 1 is 1.43 bits per heavy atom. The first-order chi connectivity index (χ1) is 6.60. The molecule has 0 radical (unpaired) electrons. The molecule has 1 rings (SSSR count). The fraction of sp³-hybridized carbons (Fsp3) is 1.00. The monoisotopic (exact) mass is 198 g/mol. The molecule has 0 aromatic heterocycles. The Morgan fingerprint density at radius 2 is 2.14 bits per heavy atom. The van der Waals surface area contributed by atoms with Crippen LogP contribution in [0.4, 0.5) is 0 Å². The summed E-state index contributed by atoms with van der Waals surface area (Å²) < 4.78 is 0. The van der Waals surface area contributed by atoms with Crippen molar-refractivity contribution in [2.24, 2.45) is 11.3 Å². The van der Waals surface area contributed by atoms with E-state index in [1.165, 1.54) is 39.0 Å². The number of hydrogen-bond acceptors (Lipinski definition) is 2. The van der Waals surface area contributed by atoms with Gasteiger partial charge in [-0.2, -0.15) is 0 Å². The molecule has 0 aliphatic carbocycles. The highest BCUT2D eigenvalue weighted by atomic mass is 15.1. The molecule has 2 heteroatoms. The lowest BCUT2D eigenvalue weighted by atomic mass is 9.74. The molecular weight excluding hydrogens is 172 g/mol. The van der Waals surface area contributed by atoms with E-state index in [-0.39, 0.29) is 0 Å². The average molecular weight is 198 g/mol. The Labute approximate surface area is 89.1 Å². The number of nitrogens with zero attached hydrogens (tertiary/aromatic N) is 1. The topological polar surface area (TPSA) is 15.3 Å². The van der Waals surface area contributed by atoms with Crippen LogP contribution < -0.4 is 5.32 Å². The summed E-state index contributed by atoms with van der Waals surface area (Å²) in [5.41, 5.74) is 0.483. The van der Waals surface area contributed by atoms with Crippen molar-refractivity contribution >= 4 is 0 Å².